The van der Waals surface area contributed by atoms with Gasteiger partial charge in [0, 0.05) is 27.0 Å². The Morgan fingerprint density at radius 2 is 1.75 bits per heavy atom. The number of benzene rings is 3. The maximum Gasteiger partial charge on any atom is 0.234 e. The van der Waals surface area contributed by atoms with Crippen molar-refractivity contribution in [2.24, 2.45) is 0 Å². The molecule has 0 saturated heterocycles. The van der Waals surface area contributed by atoms with Gasteiger partial charge in [-0.25, -0.2) is 0 Å². The largest absolute Gasteiger partial charge is 0.325 e. The average molecular weight is 483 g/mol. The molecule has 0 aliphatic heterocycles. The number of nitrogens with one attached hydrogen (secondary N) is 1. The lowest BCUT2D eigenvalue weighted by Crippen LogP contribution is -2.15. The van der Waals surface area contributed by atoms with Crippen LogP contribution in [0.3, 0.4) is 0 Å². The molecule has 8 heteroatoms. The van der Waals surface area contributed by atoms with E-state index in [1.54, 1.807) is 0 Å². The van der Waals surface area contributed by atoms with Gasteiger partial charge < -0.3 is 5.32 Å². The Labute approximate surface area is 200 Å². The molecule has 4 aromatic rings. The molecule has 32 heavy (non-hydrogen) atoms. The number of carbonyl (C=O) groups is 1. The summed E-state index contributed by atoms with van der Waals surface area (Å²) in [6.45, 7) is 2.06. The minimum absolute atomic E-state index is 0.106. The molecule has 1 aromatic heterocycles. The number of carbonyl (C=O) groups excluding carboxylic acids is 1. The van der Waals surface area contributed by atoms with Gasteiger partial charge in [-0.2, -0.15) is 0 Å². The van der Waals surface area contributed by atoms with E-state index >= 15 is 0 Å². The first-order valence-electron chi connectivity index (χ1n) is 10.0. The van der Waals surface area contributed by atoms with Crippen LogP contribution in [-0.4, -0.2) is 26.4 Å². The fourth-order valence-corrected chi connectivity index (χ4v) is 4.34. The molecule has 0 aliphatic rings. The van der Waals surface area contributed by atoms with Crippen LogP contribution in [0.25, 0.3) is 17.1 Å². The number of nitrogens with zero attached hydrogens (tertiary/aromatic N) is 3. The Morgan fingerprint density at radius 1 is 0.969 bits per heavy atom. The van der Waals surface area contributed by atoms with Crippen molar-refractivity contribution >= 4 is 46.6 Å². The van der Waals surface area contributed by atoms with Gasteiger partial charge in [0.1, 0.15) is 0 Å². The van der Waals surface area contributed by atoms with Crippen LogP contribution in [0, 0.1) is 0 Å². The number of thioether (sulfide) groups is 1. The number of amides is 1. The van der Waals surface area contributed by atoms with Crippen molar-refractivity contribution in [3.8, 4) is 17.1 Å². The Hall–Kier alpha value is -2.80. The topological polar surface area (TPSA) is 59.8 Å². The van der Waals surface area contributed by atoms with Gasteiger partial charge in [-0.3, -0.25) is 9.36 Å². The van der Waals surface area contributed by atoms with E-state index in [1.807, 2.05) is 77.4 Å². The van der Waals surface area contributed by atoms with E-state index in [1.165, 1.54) is 11.8 Å². The monoisotopic (exact) mass is 482 g/mol. The van der Waals surface area contributed by atoms with Crippen LogP contribution in [-0.2, 0) is 11.2 Å². The smallest absolute Gasteiger partial charge is 0.234 e. The van der Waals surface area contributed by atoms with E-state index in [-0.39, 0.29) is 11.7 Å². The summed E-state index contributed by atoms with van der Waals surface area (Å²) in [7, 11) is 0. The van der Waals surface area contributed by atoms with Crippen molar-refractivity contribution in [1.29, 1.82) is 0 Å². The van der Waals surface area contributed by atoms with Crippen LogP contribution in [0.5, 0.6) is 0 Å². The summed E-state index contributed by atoms with van der Waals surface area (Å²) in [5.41, 5.74) is 3.60. The molecule has 1 heterocycles. The maximum absolute atomic E-state index is 12.6. The lowest BCUT2D eigenvalue weighted by molar-refractivity contribution is -0.113. The fourth-order valence-electron chi connectivity index (χ4n) is 3.27. The quantitative estimate of drug-likeness (QED) is 0.304. The highest BCUT2D eigenvalue weighted by atomic mass is 35.5. The van der Waals surface area contributed by atoms with Crippen LogP contribution in [0.2, 0.25) is 10.0 Å². The Morgan fingerprint density at radius 3 is 2.50 bits per heavy atom. The van der Waals surface area contributed by atoms with Gasteiger partial charge in [0.05, 0.1) is 5.75 Å². The van der Waals surface area contributed by atoms with E-state index < -0.39 is 0 Å². The van der Waals surface area contributed by atoms with Gasteiger partial charge in [0.15, 0.2) is 11.0 Å². The SMILES string of the molecule is CCc1ccccc1NC(=O)CSc1nnc(-c2cccc(Cl)c2)n1-c1ccc(Cl)cc1. The molecule has 0 saturated carbocycles. The zero-order valence-corrected chi connectivity index (χ0v) is 19.6. The third-order valence-corrected chi connectivity index (χ3v) is 6.22. The van der Waals surface area contributed by atoms with Crippen molar-refractivity contribution in [3.63, 3.8) is 0 Å². The molecule has 0 aliphatic carbocycles. The number of halogens is 2. The number of hydrogen-bond acceptors (Lipinski definition) is 4. The van der Waals surface area contributed by atoms with Crippen molar-refractivity contribution < 1.29 is 4.79 Å². The van der Waals surface area contributed by atoms with E-state index in [2.05, 4.69) is 22.4 Å². The van der Waals surface area contributed by atoms with E-state index in [9.17, 15) is 4.79 Å². The molecule has 162 valence electrons. The summed E-state index contributed by atoms with van der Waals surface area (Å²) in [5.74, 6) is 0.721. The van der Waals surface area contributed by atoms with Crippen LogP contribution in [0.15, 0.2) is 78.0 Å². The first kappa shape index (κ1) is 22.4. The summed E-state index contributed by atoms with van der Waals surface area (Å²) in [4.78, 5) is 12.6. The zero-order chi connectivity index (χ0) is 22.5. The van der Waals surface area contributed by atoms with Gasteiger partial charge in [-0.05, 0) is 54.4 Å². The molecule has 0 unspecified atom stereocenters. The molecular formula is C24H20Cl2N4OS. The molecule has 1 amide bonds. The predicted octanol–water partition coefficient (Wildman–Crippen LogP) is 6.53. The highest BCUT2D eigenvalue weighted by Crippen LogP contribution is 2.30. The fraction of sp³-hybridized carbons (Fsp3) is 0.125. The van der Waals surface area contributed by atoms with Gasteiger partial charge >= 0.3 is 0 Å². The van der Waals surface area contributed by atoms with Crippen molar-refractivity contribution in [2.45, 2.75) is 18.5 Å². The second-order valence-corrected chi connectivity index (χ2v) is 8.79. The first-order valence-corrected chi connectivity index (χ1v) is 11.8. The summed E-state index contributed by atoms with van der Waals surface area (Å²) in [6.07, 6.45) is 0.845. The van der Waals surface area contributed by atoms with E-state index in [0.29, 0.717) is 21.0 Å². The molecule has 0 spiro atoms. The van der Waals surface area contributed by atoms with Crippen molar-refractivity contribution in [3.05, 3.63) is 88.4 Å². The van der Waals surface area contributed by atoms with Gasteiger partial charge in [0.2, 0.25) is 5.91 Å². The standard InChI is InChI=1S/C24H20Cl2N4OS/c1-2-16-6-3-4-9-21(16)27-22(31)15-32-24-29-28-23(17-7-5-8-19(26)14-17)30(24)20-12-10-18(25)11-13-20/h3-14H,2,15H2,1H3,(H,27,31). The minimum Gasteiger partial charge on any atom is -0.325 e. The highest BCUT2D eigenvalue weighted by molar-refractivity contribution is 7.99. The van der Waals surface area contributed by atoms with Crippen molar-refractivity contribution in [2.75, 3.05) is 11.1 Å². The third kappa shape index (κ3) is 5.15. The Balaban J connectivity index is 1.61. The molecule has 1 N–H and O–H groups in total. The van der Waals surface area contributed by atoms with Gasteiger partial charge in [-0.15, -0.1) is 10.2 Å². The normalized spacial score (nSPS) is 10.8. The van der Waals surface area contributed by atoms with E-state index in [0.717, 1.165) is 28.9 Å². The number of para-hydroxylation sites is 1. The zero-order valence-electron chi connectivity index (χ0n) is 17.3. The third-order valence-electron chi connectivity index (χ3n) is 4.81. The van der Waals surface area contributed by atoms with Crippen LogP contribution in [0.4, 0.5) is 5.69 Å². The highest BCUT2D eigenvalue weighted by Gasteiger charge is 2.18. The average Bonchev–Trinajstić information content (AvgIpc) is 3.22. The lowest BCUT2D eigenvalue weighted by atomic mass is 10.1. The summed E-state index contributed by atoms with van der Waals surface area (Å²) in [6, 6.07) is 22.6. The van der Waals surface area contributed by atoms with Crippen LogP contribution in [0.1, 0.15) is 12.5 Å². The number of anilines is 1. The summed E-state index contributed by atoms with van der Waals surface area (Å²) >= 11 is 13.6. The second-order valence-electron chi connectivity index (χ2n) is 6.98. The number of aromatic nitrogens is 3. The molecule has 3 aromatic carbocycles. The lowest BCUT2D eigenvalue weighted by Gasteiger charge is -2.12. The van der Waals surface area contributed by atoms with Crippen LogP contribution >= 0.6 is 35.0 Å². The Kier molecular flexibility index (Phi) is 7.15. The van der Waals surface area contributed by atoms with Crippen LogP contribution < -0.4 is 5.32 Å². The molecular weight excluding hydrogens is 463 g/mol. The van der Waals surface area contributed by atoms with Crippen molar-refractivity contribution in [1.82, 2.24) is 14.8 Å². The Bertz CT molecular complexity index is 1240. The molecule has 0 bridgehead atoms. The molecule has 0 fully saturated rings. The molecule has 0 radical (unpaired) electrons. The second kappa shape index (κ2) is 10.2. The summed E-state index contributed by atoms with van der Waals surface area (Å²) in [5, 5.41) is 13.6. The molecule has 4 rings (SSSR count). The van der Waals surface area contributed by atoms with E-state index in [4.69, 9.17) is 23.2 Å². The molecule has 0 atom stereocenters. The van der Waals surface area contributed by atoms with Gasteiger partial charge in [-0.1, -0.05) is 72.2 Å². The van der Waals surface area contributed by atoms with Gasteiger partial charge in [0.25, 0.3) is 0 Å². The number of rotatable bonds is 7. The number of aryl methyl sites for hydroxylation is 1. The minimum atomic E-state index is -0.106. The predicted molar refractivity (Wildman–Crippen MR) is 132 cm³/mol. The molecule has 5 nitrogen and oxygen atoms in total. The first-order chi connectivity index (χ1) is 15.5. The summed E-state index contributed by atoms with van der Waals surface area (Å²) < 4.78 is 1.90. The maximum atomic E-state index is 12.6. The number of hydrogen-bond donors (Lipinski definition) is 1.